The van der Waals surface area contributed by atoms with Crippen LogP contribution in [0.15, 0.2) is 36.7 Å². The van der Waals surface area contributed by atoms with Crippen LogP contribution < -0.4 is 4.90 Å². The first kappa shape index (κ1) is 18.2. The van der Waals surface area contributed by atoms with E-state index in [0.717, 1.165) is 37.9 Å². The van der Waals surface area contributed by atoms with Crippen molar-refractivity contribution >= 4 is 17.5 Å². The molecule has 2 fully saturated rings. The highest BCUT2D eigenvalue weighted by atomic mass is 16.2. The second kappa shape index (κ2) is 6.75. The first-order valence-corrected chi connectivity index (χ1v) is 9.80. The predicted molar refractivity (Wildman–Crippen MR) is 104 cm³/mol. The number of allylic oxidation sites excluding steroid dienone is 2. The van der Waals surface area contributed by atoms with Crippen molar-refractivity contribution in [1.82, 2.24) is 14.8 Å². The summed E-state index contributed by atoms with van der Waals surface area (Å²) in [5.41, 5.74) is 0.372. The van der Waals surface area contributed by atoms with Gasteiger partial charge in [0.1, 0.15) is 0 Å². The maximum Gasteiger partial charge on any atom is 0.241 e. The quantitative estimate of drug-likeness (QED) is 0.750. The van der Waals surface area contributed by atoms with Crippen molar-refractivity contribution in [2.24, 2.45) is 5.41 Å². The number of likely N-dealkylation sites (N-methyl/N-ethyl adjacent to an activating group) is 1. The maximum atomic E-state index is 13.3. The van der Waals surface area contributed by atoms with Crippen LogP contribution in [0, 0.1) is 5.41 Å². The molecule has 1 aromatic rings. The summed E-state index contributed by atoms with van der Waals surface area (Å²) in [7, 11) is 2.01. The fourth-order valence-electron chi connectivity index (χ4n) is 4.72. The smallest absolute Gasteiger partial charge is 0.241 e. The second-order valence-corrected chi connectivity index (χ2v) is 8.52. The molecule has 4 rings (SSSR count). The molecule has 144 valence electrons. The van der Waals surface area contributed by atoms with Gasteiger partial charge in [-0.3, -0.25) is 19.5 Å². The van der Waals surface area contributed by atoms with E-state index in [1.54, 1.807) is 12.4 Å². The lowest BCUT2D eigenvalue weighted by atomic mass is 9.77. The highest BCUT2D eigenvalue weighted by Gasteiger charge is 2.50. The lowest BCUT2D eigenvalue weighted by Gasteiger charge is -2.47. The number of nitrogens with zero attached hydrogens (tertiary/aromatic N) is 4. The first-order chi connectivity index (χ1) is 12.9. The predicted octanol–water partition coefficient (Wildman–Crippen LogP) is 2.08. The average molecular weight is 368 g/mol. The van der Waals surface area contributed by atoms with Crippen molar-refractivity contribution in [2.75, 3.05) is 38.1 Å². The molecule has 0 saturated carbocycles. The number of pyridine rings is 1. The molecule has 0 radical (unpaired) electrons. The highest BCUT2D eigenvalue weighted by Crippen LogP contribution is 2.39. The van der Waals surface area contributed by atoms with Crippen LogP contribution in [0.5, 0.6) is 0 Å². The van der Waals surface area contributed by atoms with Gasteiger partial charge in [0.25, 0.3) is 0 Å². The minimum absolute atomic E-state index is 0.0882. The summed E-state index contributed by atoms with van der Waals surface area (Å²) in [6.07, 6.45) is 11.4. The van der Waals surface area contributed by atoms with E-state index in [-0.39, 0.29) is 22.8 Å². The van der Waals surface area contributed by atoms with Crippen molar-refractivity contribution < 1.29 is 9.59 Å². The van der Waals surface area contributed by atoms with Crippen LogP contribution in [0.1, 0.15) is 32.6 Å². The van der Waals surface area contributed by atoms with E-state index in [2.05, 4.69) is 29.0 Å². The number of hydrogen-bond donors (Lipinski definition) is 0. The van der Waals surface area contributed by atoms with Crippen molar-refractivity contribution in [3.63, 3.8) is 0 Å². The van der Waals surface area contributed by atoms with Crippen LogP contribution in [0.25, 0.3) is 0 Å². The van der Waals surface area contributed by atoms with Crippen LogP contribution in [0.3, 0.4) is 0 Å². The van der Waals surface area contributed by atoms with Gasteiger partial charge >= 0.3 is 0 Å². The van der Waals surface area contributed by atoms with Gasteiger partial charge in [0.15, 0.2) is 0 Å². The molecule has 6 heteroatoms. The molecule has 1 spiro atoms. The Morgan fingerprint density at radius 3 is 2.78 bits per heavy atom. The third-order valence-electron chi connectivity index (χ3n) is 6.63. The summed E-state index contributed by atoms with van der Waals surface area (Å²) < 4.78 is 0. The van der Waals surface area contributed by atoms with Gasteiger partial charge < -0.3 is 9.80 Å². The molecule has 3 aliphatic rings. The fourth-order valence-corrected chi connectivity index (χ4v) is 4.72. The van der Waals surface area contributed by atoms with Gasteiger partial charge in [0.2, 0.25) is 11.8 Å². The second-order valence-electron chi connectivity index (χ2n) is 8.52. The Balaban J connectivity index is 1.53. The Morgan fingerprint density at radius 2 is 2.07 bits per heavy atom. The van der Waals surface area contributed by atoms with Crippen LogP contribution >= 0.6 is 0 Å². The molecule has 0 bridgehead atoms. The van der Waals surface area contributed by atoms with Gasteiger partial charge in [0, 0.05) is 25.8 Å². The van der Waals surface area contributed by atoms with Crippen LogP contribution in [0.2, 0.25) is 0 Å². The van der Waals surface area contributed by atoms with Gasteiger partial charge in [-0.05, 0) is 44.9 Å². The summed E-state index contributed by atoms with van der Waals surface area (Å²) in [4.78, 5) is 36.1. The Kier molecular flexibility index (Phi) is 4.54. The van der Waals surface area contributed by atoms with Gasteiger partial charge in [-0.15, -0.1) is 0 Å². The SMILES string of the molecule is CN1CC(=O)N(c2cccnc2)CC12CCN(C(=O)C1(C)CC=CCC1)C2. The highest BCUT2D eigenvalue weighted by molar-refractivity contribution is 5.96. The van der Waals surface area contributed by atoms with Crippen molar-refractivity contribution in [2.45, 2.75) is 38.1 Å². The van der Waals surface area contributed by atoms with E-state index in [1.807, 2.05) is 29.0 Å². The summed E-state index contributed by atoms with van der Waals surface area (Å²) in [5, 5.41) is 0. The van der Waals surface area contributed by atoms with Gasteiger partial charge in [0.05, 0.1) is 29.4 Å². The number of piperazine rings is 1. The summed E-state index contributed by atoms with van der Waals surface area (Å²) in [6, 6.07) is 3.78. The van der Waals surface area contributed by atoms with Crippen LogP contribution in [-0.4, -0.2) is 65.4 Å². The fraction of sp³-hybridized carbons (Fsp3) is 0.571. The molecule has 27 heavy (non-hydrogen) atoms. The third-order valence-corrected chi connectivity index (χ3v) is 6.63. The van der Waals surface area contributed by atoms with E-state index in [1.165, 1.54) is 0 Å². The normalized spacial score (nSPS) is 31.7. The standard InChI is InChI=1S/C21H28N4O2/c1-20(8-4-3-5-9-20)19(27)24-12-10-21(15-24)16-25(18(26)14-23(21)2)17-7-6-11-22-13-17/h3-4,6-7,11,13H,5,8-10,12,14-16H2,1-2H3. The lowest BCUT2D eigenvalue weighted by Crippen LogP contribution is -2.64. The average Bonchev–Trinajstić information content (AvgIpc) is 3.11. The molecule has 0 N–H and O–H groups in total. The molecular weight excluding hydrogens is 340 g/mol. The van der Waals surface area contributed by atoms with Gasteiger partial charge in [-0.2, -0.15) is 0 Å². The summed E-state index contributed by atoms with van der Waals surface area (Å²) >= 11 is 0. The van der Waals surface area contributed by atoms with Crippen LogP contribution in [-0.2, 0) is 9.59 Å². The lowest BCUT2D eigenvalue weighted by molar-refractivity contribution is -0.141. The van der Waals surface area contributed by atoms with Crippen molar-refractivity contribution in [3.8, 4) is 0 Å². The van der Waals surface area contributed by atoms with E-state index in [0.29, 0.717) is 19.6 Å². The Labute approximate surface area is 160 Å². The number of likely N-dealkylation sites (tertiary alicyclic amines) is 1. The molecule has 2 saturated heterocycles. The third kappa shape index (κ3) is 3.16. The molecule has 2 unspecified atom stereocenters. The first-order valence-electron chi connectivity index (χ1n) is 9.80. The molecular formula is C21H28N4O2. The molecule has 1 aromatic heterocycles. The number of carbonyl (C=O) groups excluding carboxylic acids is 2. The molecule has 0 aromatic carbocycles. The molecule has 2 atom stereocenters. The number of rotatable bonds is 2. The van der Waals surface area contributed by atoms with Gasteiger partial charge in [-0.25, -0.2) is 0 Å². The molecule has 1 aliphatic carbocycles. The number of aromatic nitrogens is 1. The number of carbonyl (C=O) groups is 2. The minimum Gasteiger partial charge on any atom is -0.340 e. The van der Waals surface area contributed by atoms with E-state index in [9.17, 15) is 9.59 Å². The molecule has 2 amide bonds. The topological polar surface area (TPSA) is 56.8 Å². The Hall–Kier alpha value is -2.21. The maximum absolute atomic E-state index is 13.3. The molecule has 2 aliphatic heterocycles. The Bertz CT molecular complexity index is 765. The zero-order valence-corrected chi connectivity index (χ0v) is 16.2. The van der Waals surface area contributed by atoms with E-state index < -0.39 is 0 Å². The van der Waals surface area contributed by atoms with Gasteiger partial charge in [-0.1, -0.05) is 19.1 Å². The monoisotopic (exact) mass is 368 g/mol. The Morgan fingerprint density at radius 1 is 1.22 bits per heavy atom. The zero-order valence-electron chi connectivity index (χ0n) is 16.2. The molecule has 6 nitrogen and oxygen atoms in total. The molecule has 3 heterocycles. The largest absolute Gasteiger partial charge is 0.340 e. The minimum atomic E-state index is -0.285. The summed E-state index contributed by atoms with van der Waals surface area (Å²) in [5.74, 6) is 0.354. The summed E-state index contributed by atoms with van der Waals surface area (Å²) in [6.45, 7) is 4.52. The van der Waals surface area contributed by atoms with Crippen LogP contribution in [0.4, 0.5) is 5.69 Å². The van der Waals surface area contributed by atoms with Crippen molar-refractivity contribution in [1.29, 1.82) is 0 Å². The van der Waals surface area contributed by atoms with Crippen molar-refractivity contribution in [3.05, 3.63) is 36.7 Å². The van der Waals surface area contributed by atoms with E-state index in [4.69, 9.17) is 0 Å². The zero-order chi connectivity index (χ0) is 19.1. The number of amides is 2. The van der Waals surface area contributed by atoms with E-state index >= 15 is 0 Å². The number of hydrogen-bond acceptors (Lipinski definition) is 4. The number of anilines is 1.